The van der Waals surface area contributed by atoms with Gasteiger partial charge in [-0.1, -0.05) is 0 Å². The van der Waals surface area contributed by atoms with Crippen molar-refractivity contribution in [2.75, 3.05) is 7.11 Å². The van der Waals surface area contributed by atoms with Crippen LogP contribution in [0.3, 0.4) is 0 Å². The Labute approximate surface area is 86.2 Å². The van der Waals surface area contributed by atoms with Gasteiger partial charge in [0.25, 0.3) is 5.91 Å². The number of aliphatic imine (C=N–C) groups is 1. The molecule has 0 aromatic heterocycles. The van der Waals surface area contributed by atoms with Crippen molar-refractivity contribution in [1.82, 2.24) is 0 Å². The lowest BCUT2D eigenvalue weighted by atomic mass is 10.2. The SMILES string of the molecule is COc1cc(C(=O)N=C(N)N)ccc1O. The predicted molar refractivity (Wildman–Crippen MR) is 54.8 cm³/mol. The molecular weight excluding hydrogens is 198 g/mol. The van der Waals surface area contributed by atoms with Crippen LogP contribution in [-0.2, 0) is 0 Å². The monoisotopic (exact) mass is 209 g/mol. The highest BCUT2D eigenvalue weighted by Crippen LogP contribution is 2.26. The van der Waals surface area contributed by atoms with Crippen molar-refractivity contribution < 1.29 is 14.6 Å². The Hall–Kier alpha value is -2.24. The largest absolute Gasteiger partial charge is 0.504 e. The fourth-order valence-corrected chi connectivity index (χ4v) is 0.992. The molecule has 0 unspecified atom stereocenters. The molecule has 1 aromatic rings. The Morgan fingerprint density at radius 2 is 2.13 bits per heavy atom. The molecule has 0 aliphatic rings. The summed E-state index contributed by atoms with van der Waals surface area (Å²) >= 11 is 0. The van der Waals surface area contributed by atoms with Gasteiger partial charge in [0.2, 0.25) is 0 Å². The third kappa shape index (κ3) is 2.60. The van der Waals surface area contributed by atoms with E-state index in [1.165, 1.54) is 25.3 Å². The third-order valence-corrected chi connectivity index (χ3v) is 1.66. The number of phenols is 1. The lowest BCUT2D eigenvalue weighted by Gasteiger charge is -2.03. The van der Waals surface area contributed by atoms with E-state index in [-0.39, 0.29) is 23.0 Å². The number of hydrogen-bond acceptors (Lipinski definition) is 3. The van der Waals surface area contributed by atoms with E-state index < -0.39 is 5.91 Å². The number of guanidine groups is 1. The summed E-state index contributed by atoms with van der Waals surface area (Å²) in [6.07, 6.45) is 0. The fraction of sp³-hybridized carbons (Fsp3) is 0.111. The molecule has 0 spiro atoms. The molecule has 15 heavy (non-hydrogen) atoms. The molecule has 1 amide bonds. The number of rotatable bonds is 2. The zero-order valence-electron chi connectivity index (χ0n) is 8.10. The molecule has 6 nitrogen and oxygen atoms in total. The van der Waals surface area contributed by atoms with E-state index in [9.17, 15) is 9.90 Å². The van der Waals surface area contributed by atoms with Crippen LogP contribution in [0, 0.1) is 0 Å². The number of nitrogens with two attached hydrogens (primary N) is 2. The van der Waals surface area contributed by atoms with Crippen LogP contribution in [0.25, 0.3) is 0 Å². The topological polar surface area (TPSA) is 111 Å². The van der Waals surface area contributed by atoms with Crippen molar-refractivity contribution in [1.29, 1.82) is 0 Å². The number of carbonyl (C=O) groups excluding carboxylic acids is 1. The summed E-state index contributed by atoms with van der Waals surface area (Å²) in [5.41, 5.74) is 10.3. The summed E-state index contributed by atoms with van der Waals surface area (Å²) in [7, 11) is 1.38. The molecule has 0 bridgehead atoms. The number of aromatic hydroxyl groups is 1. The third-order valence-electron chi connectivity index (χ3n) is 1.66. The molecule has 0 saturated carbocycles. The van der Waals surface area contributed by atoms with Crippen molar-refractivity contribution in [2.24, 2.45) is 16.5 Å². The van der Waals surface area contributed by atoms with Crippen molar-refractivity contribution in [3.63, 3.8) is 0 Å². The van der Waals surface area contributed by atoms with Crippen molar-refractivity contribution in [2.45, 2.75) is 0 Å². The molecule has 1 rings (SSSR count). The maximum atomic E-state index is 11.3. The van der Waals surface area contributed by atoms with E-state index in [2.05, 4.69) is 4.99 Å². The summed E-state index contributed by atoms with van der Waals surface area (Å²) in [6, 6.07) is 4.07. The summed E-state index contributed by atoms with van der Waals surface area (Å²) < 4.78 is 4.83. The number of ether oxygens (including phenoxy) is 1. The molecule has 0 aliphatic carbocycles. The maximum absolute atomic E-state index is 11.3. The van der Waals surface area contributed by atoms with Crippen LogP contribution in [0.15, 0.2) is 23.2 Å². The zero-order chi connectivity index (χ0) is 11.4. The van der Waals surface area contributed by atoms with Crippen molar-refractivity contribution in [3.05, 3.63) is 23.8 Å². The van der Waals surface area contributed by atoms with Crippen LogP contribution in [-0.4, -0.2) is 24.1 Å². The van der Waals surface area contributed by atoms with Gasteiger partial charge in [-0.25, -0.2) is 0 Å². The van der Waals surface area contributed by atoms with E-state index in [0.717, 1.165) is 0 Å². The van der Waals surface area contributed by atoms with E-state index in [1.807, 2.05) is 0 Å². The van der Waals surface area contributed by atoms with Crippen LogP contribution in [0.4, 0.5) is 0 Å². The van der Waals surface area contributed by atoms with Crippen LogP contribution in [0.5, 0.6) is 11.5 Å². The van der Waals surface area contributed by atoms with Crippen molar-refractivity contribution in [3.8, 4) is 11.5 Å². The standard InChI is InChI=1S/C9H11N3O3/c1-15-7-4-5(2-3-6(7)13)8(14)12-9(10)11/h2-4,13H,1H3,(H4,10,11,12,14). The second-order valence-corrected chi connectivity index (χ2v) is 2.73. The molecule has 0 heterocycles. The number of hydrogen-bond donors (Lipinski definition) is 3. The number of nitrogens with zero attached hydrogens (tertiary/aromatic N) is 1. The molecule has 80 valence electrons. The van der Waals surface area contributed by atoms with Gasteiger partial charge < -0.3 is 21.3 Å². The highest BCUT2D eigenvalue weighted by Gasteiger charge is 2.08. The Morgan fingerprint density at radius 3 is 2.67 bits per heavy atom. The minimum atomic E-state index is -0.590. The average Bonchev–Trinajstić information content (AvgIpc) is 2.17. The highest BCUT2D eigenvalue weighted by atomic mass is 16.5. The summed E-state index contributed by atoms with van der Waals surface area (Å²) in [5.74, 6) is -0.772. The molecule has 1 aromatic carbocycles. The smallest absolute Gasteiger partial charge is 0.280 e. The molecule has 6 heteroatoms. The first-order valence-electron chi connectivity index (χ1n) is 4.05. The first-order chi connectivity index (χ1) is 7.04. The molecule has 0 atom stereocenters. The minimum absolute atomic E-state index is 0.0567. The Balaban J connectivity index is 3.06. The fourth-order valence-electron chi connectivity index (χ4n) is 0.992. The quantitative estimate of drug-likeness (QED) is 0.462. The summed E-state index contributed by atoms with van der Waals surface area (Å²) in [5, 5.41) is 9.28. The maximum Gasteiger partial charge on any atom is 0.280 e. The van der Waals surface area contributed by atoms with Gasteiger partial charge in [-0.2, -0.15) is 4.99 Å². The molecule has 0 aliphatic heterocycles. The Kier molecular flexibility index (Phi) is 3.12. The predicted octanol–water partition coefficient (Wildman–Crippen LogP) is -0.186. The van der Waals surface area contributed by atoms with Crippen LogP contribution < -0.4 is 16.2 Å². The Bertz CT molecular complexity index is 411. The van der Waals surface area contributed by atoms with Gasteiger partial charge in [-0.15, -0.1) is 0 Å². The number of methoxy groups -OCH3 is 1. The number of phenolic OH excluding ortho intramolecular Hbond substituents is 1. The lowest BCUT2D eigenvalue weighted by Crippen LogP contribution is -2.24. The van der Waals surface area contributed by atoms with E-state index in [1.54, 1.807) is 0 Å². The summed E-state index contributed by atoms with van der Waals surface area (Å²) in [6.45, 7) is 0. The summed E-state index contributed by atoms with van der Waals surface area (Å²) in [4.78, 5) is 14.7. The lowest BCUT2D eigenvalue weighted by molar-refractivity contribution is 0.100. The zero-order valence-corrected chi connectivity index (χ0v) is 8.10. The first kappa shape index (κ1) is 10.8. The second-order valence-electron chi connectivity index (χ2n) is 2.73. The van der Waals surface area contributed by atoms with Gasteiger partial charge in [-0.3, -0.25) is 4.79 Å². The molecule has 0 radical (unpaired) electrons. The number of carbonyl (C=O) groups is 1. The van der Waals surface area contributed by atoms with Gasteiger partial charge in [0.15, 0.2) is 17.5 Å². The molecule has 5 N–H and O–H groups in total. The second kappa shape index (κ2) is 4.32. The van der Waals surface area contributed by atoms with Gasteiger partial charge in [-0.05, 0) is 18.2 Å². The van der Waals surface area contributed by atoms with E-state index >= 15 is 0 Å². The number of amides is 1. The van der Waals surface area contributed by atoms with Crippen LogP contribution in [0.1, 0.15) is 10.4 Å². The average molecular weight is 209 g/mol. The Morgan fingerprint density at radius 1 is 1.47 bits per heavy atom. The van der Waals surface area contributed by atoms with Gasteiger partial charge in [0.1, 0.15) is 0 Å². The van der Waals surface area contributed by atoms with E-state index in [0.29, 0.717) is 0 Å². The van der Waals surface area contributed by atoms with Gasteiger partial charge >= 0.3 is 0 Å². The number of benzene rings is 1. The van der Waals surface area contributed by atoms with Crippen molar-refractivity contribution >= 4 is 11.9 Å². The van der Waals surface area contributed by atoms with Crippen LogP contribution in [0.2, 0.25) is 0 Å². The highest BCUT2D eigenvalue weighted by molar-refractivity contribution is 6.02. The molecular formula is C9H11N3O3. The normalized spacial score (nSPS) is 9.40. The van der Waals surface area contributed by atoms with E-state index in [4.69, 9.17) is 16.2 Å². The minimum Gasteiger partial charge on any atom is -0.504 e. The molecule has 0 saturated heterocycles. The first-order valence-corrected chi connectivity index (χ1v) is 4.05. The van der Waals surface area contributed by atoms with Crippen LogP contribution >= 0.6 is 0 Å². The molecule has 0 fully saturated rings. The van der Waals surface area contributed by atoms with Gasteiger partial charge in [0, 0.05) is 5.56 Å². The van der Waals surface area contributed by atoms with Gasteiger partial charge in [0.05, 0.1) is 7.11 Å².